The van der Waals surface area contributed by atoms with Crippen molar-refractivity contribution in [1.82, 2.24) is 0 Å². The smallest absolute Gasteiger partial charge is 0.203 e. The Hall–Kier alpha value is -1.68. The van der Waals surface area contributed by atoms with Gasteiger partial charge in [0.15, 0.2) is 0 Å². The van der Waals surface area contributed by atoms with Crippen molar-refractivity contribution in [1.29, 1.82) is 0 Å². The Morgan fingerprint density at radius 1 is 0.952 bits per heavy atom. The highest BCUT2D eigenvalue weighted by Gasteiger charge is 2.16. The summed E-state index contributed by atoms with van der Waals surface area (Å²) in [5.74, 6) is 0.0660. The second-order valence-electron chi connectivity index (χ2n) is 4.73. The van der Waals surface area contributed by atoms with Gasteiger partial charge in [-0.15, -0.1) is 22.7 Å². The van der Waals surface area contributed by atoms with E-state index in [1.165, 1.54) is 9.40 Å². The number of halogens is 1. The summed E-state index contributed by atoms with van der Waals surface area (Å²) in [4.78, 5) is 13.6. The third-order valence-corrected chi connectivity index (χ3v) is 5.90. The lowest BCUT2D eigenvalue weighted by Gasteiger charge is -2.06. The van der Waals surface area contributed by atoms with Gasteiger partial charge < -0.3 is 0 Å². The fraction of sp³-hybridized carbons (Fsp3) is 0. The van der Waals surface area contributed by atoms with Crippen LogP contribution in [0.2, 0.25) is 5.02 Å². The molecule has 2 heterocycles. The third kappa shape index (κ3) is 2.09. The molecule has 0 amide bonds. The second-order valence-corrected chi connectivity index (χ2v) is 7.17. The van der Waals surface area contributed by atoms with E-state index in [9.17, 15) is 4.79 Å². The van der Waals surface area contributed by atoms with Gasteiger partial charge in [0, 0.05) is 25.4 Å². The molecule has 1 nitrogen and oxygen atoms in total. The summed E-state index contributed by atoms with van der Waals surface area (Å²) >= 11 is 9.43. The highest BCUT2D eigenvalue weighted by atomic mass is 35.5. The van der Waals surface area contributed by atoms with E-state index in [1.54, 1.807) is 28.7 Å². The summed E-state index contributed by atoms with van der Waals surface area (Å²) in [6.45, 7) is 0. The van der Waals surface area contributed by atoms with Gasteiger partial charge in [0.25, 0.3) is 0 Å². The Kier molecular flexibility index (Phi) is 3.07. The van der Waals surface area contributed by atoms with Gasteiger partial charge in [0.1, 0.15) is 0 Å². The molecular formula is C17H9ClOS2. The first-order valence-electron chi connectivity index (χ1n) is 6.43. The van der Waals surface area contributed by atoms with Crippen LogP contribution in [0.15, 0.2) is 53.9 Å². The molecule has 4 rings (SSSR count). The van der Waals surface area contributed by atoms with E-state index >= 15 is 0 Å². The number of benzene rings is 2. The number of hydrogen-bond acceptors (Lipinski definition) is 3. The van der Waals surface area contributed by atoms with Gasteiger partial charge in [0.05, 0.1) is 4.88 Å². The molecule has 21 heavy (non-hydrogen) atoms. The molecule has 0 saturated heterocycles. The number of carbonyl (C=O) groups excluding carboxylic acids is 1. The molecule has 102 valence electrons. The summed E-state index contributed by atoms with van der Waals surface area (Å²) < 4.78 is 2.34. The molecule has 0 spiro atoms. The highest BCUT2D eigenvalue weighted by molar-refractivity contribution is 7.28. The van der Waals surface area contributed by atoms with Gasteiger partial charge in [-0.2, -0.15) is 0 Å². The van der Waals surface area contributed by atoms with Crippen molar-refractivity contribution >= 4 is 60.2 Å². The summed E-state index contributed by atoms with van der Waals surface area (Å²) in [6.07, 6.45) is 0. The Labute approximate surface area is 134 Å². The largest absolute Gasteiger partial charge is 0.288 e. The fourth-order valence-corrected chi connectivity index (χ4v) is 4.76. The zero-order valence-electron chi connectivity index (χ0n) is 10.8. The van der Waals surface area contributed by atoms with Crippen LogP contribution in [0.3, 0.4) is 0 Å². The van der Waals surface area contributed by atoms with Crippen molar-refractivity contribution in [3.8, 4) is 0 Å². The molecule has 0 unspecified atom stereocenters. The predicted octanol–water partition coefficient (Wildman–Crippen LogP) is 6.00. The molecule has 0 fully saturated rings. The molecule has 0 atom stereocenters. The lowest BCUT2D eigenvalue weighted by atomic mass is 10.0. The SMILES string of the molecule is O=C(c1cc2sccc2s1)c1ccc(Cl)c2ccccc12. The van der Waals surface area contributed by atoms with Gasteiger partial charge in [-0.3, -0.25) is 4.79 Å². The topological polar surface area (TPSA) is 17.1 Å². The molecular weight excluding hydrogens is 320 g/mol. The van der Waals surface area contributed by atoms with E-state index < -0.39 is 0 Å². The van der Waals surface area contributed by atoms with E-state index in [0.717, 1.165) is 15.6 Å². The second kappa shape index (κ2) is 4.95. The lowest BCUT2D eigenvalue weighted by Crippen LogP contribution is -1.99. The van der Waals surface area contributed by atoms with Crippen molar-refractivity contribution in [2.75, 3.05) is 0 Å². The Morgan fingerprint density at radius 2 is 1.76 bits per heavy atom. The van der Waals surface area contributed by atoms with E-state index in [-0.39, 0.29) is 5.78 Å². The Bertz CT molecular complexity index is 952. The molecule has 0 aliphatic heterocycles. The zero-order chi connectivity index (χ0) is 14.4. The third-order valence-electron chi connectivity index (χ3n) is 3.48. The molecule has 2 aromatic heterocycles. The number of carbonyl (C=O) groups is 1. The monoisotopic (exact) mass is 328 g/mol. The first-order chi connectivity index (χ1) is 10.2. The number of thiophene rings is 2. The van der Waals surface area contributed by atoms with Crippen LogP contribution in [0.25, 0.3) is 20.2 Å². The molecule has 0 aliphatic rings. The summed E-state index contributed by atoms with van der Waals surface area (Å²) in [5, 5.41) is 4.55. The lowest BCUT2D eigenvalue weighted by molar-refractivity contribution is 0.104. The maximum Gasteiger partial charge on any atom is 0.203 e. The average Bonchev–Trinajstić information content (AvgIpc) is 3.08. The standard InChI is InChI=1S/C17H9ClOS2/c18-13-6-5-12(10-3-1-2-4-11(10)13)17(19)16-9-15-14(21-16)7-8-20-15/h1-9H. The molecule has 4 aromatic rings. The number of rotatable bonds is 2. The van der Waals surface area contributed by atoms with Crippen molar-refractivity contribution in [3.05, 3.63) is 69.4 Å². The van der Waals surface area contributed by atoms with Crippen LogP contribution < -0.4 is 0 Å². The number of fused-ring (bicyclic) bond motifs is 2. The van der Waals surface area contributed by atoms with E-state index in [2.05, 4.69) is 6.07 Å². The quantitative estimate of drug-likeness (QED) is 0.412. The van der Waals surface area contributed by atoms with Gasteiger partial charge in [-0.1, -0.05) is 35.9 Å². The number of ketones is 1. The van der Waals surface area contributed by atoms with Gasteiger partial charge >= 0.3 is 0 Å². The van der Waals surface area contributed by atoms with Crippen molar-refractivity contribution in [3.63, 3.8) is 0 Å². The van der Waals surface area contributed by atoms with Crippen molar-refractivity contribution in [2.24, 2.45) is 0 Å². The first-order valence-corrected chi connectivity index (χ1v) is 8.50. The summed E-state index contributed by atoms with van der Waals surface area (Å²) in [5.41, 5.74) is 0.712. The van der Waals surface area contributed by atoms with Gasteiger partial charge in [-0.05, 0) is 35.0 Å². The molecule has 0 radical (unpaired) electrons. The van der Waals surface area contributed by atoms with Crippen molar-refractivity contribution in [2.45, 2.75) is 0 Å². The predicted molar refractivity (Wildman–Crippen MR) is 92.1 cm³/mol. The maximum atomic E-state index is 12.8. The Balaban J connectivity index is 1.91. The summed E-state index contributed by atoms with van der Waals surface area (Å²) in [6, 6.07) is 15.4. The minimum atomic E-state index is 0.0660. The molecule has 2 aromatic carbocycles. The normalized spacial score (nSPS) is 11.3. The van der Waals surface area contributed by atoms with Gasteiger partial charge in [-0.25, -0.2) is 0 Å². The van der Waals surface area contributed by atoms with Crippen LogP contribution in [0.4, 0.5) is 0 Å². The van der Waals surface area contributed by atoms with Crippen LogP contribution in [0, 0.1) is 0 Å². The first kappa shape index (κ1) is 13.0. The molecule has 0 bridgehead atoms. The zero-order valence-corrected chi connectivity index (χ0v) is 13.2. The fourth-order valence-electron chi connectivity index (χ4n) is 2.47. The number of hydrogen-bond donors (Lipinski definition) is 0. The van der Waals surface area contributed by atoms with E-state index in [4.69, 9.17) is 11.6 Å². The summed E-state index contributed by atoms with van der Waals surface area (Å²) in [7, 11) is 0. The molecule has 0 N–H and O–H groups in total. The van der Waals surface area contributed by atoms with Crippen LogP contribution in [0.5, 0.6) is 0 Å². The molecule has 0 aliphatic carbocycles. The van der Waals surface area contributed by atoms with Crippen LogP contribution in [0.1, 0.15) is 15.2 Å². The minimum Gasteiger partial charge on any atom is -0.288 e. The van der Waals surface area contributed by atoms with E-state index in [0.29, 0.717) is 10.6 Å². The Morgan fingerprint density at radius 3 is 2.57 bits per heavy atom. The van der Waals surface area contributed by atoms with Crippen LogP contribution in [-0.4, -0.2) is 5.78 Å². The molecule has 0 saturated carbocycles. The average molecular weight is 329 g/mol. The van der Waals surface area contributed by atoms with Crippen LogP contribution >= 0.6 is 34.3 Å². The van der Waals surface area contributed by atoms with Crippen molar-refractivity contribution < 1.29 is 4.79 Å². The maximum absolute atomic E-state index is 12.8. The van der Waals surface area contributed by atoms with Gasteiger partial charge in [0.2, 0.25) is 5.78 Å². The molecule has 4 heteroatoms. The van der Waals surface area contributed by atoms with Crippen LogP contribution in [-0.2, 0) is 0 Å². The minimum absolute atomic E-state index is 0.0660. The highest BCUT2D eigenvalue weighted by Crippen LogP contribution is 2.33. The van der Waals surface area contributed by atoms with E-state index in [1.807, 2.05) is 41.8 Å².